The molecule has 0 saturated carbocycles. The highest BCUT2D eigenvalue weighted by molar-refractivity contribution is 5.92. The van der Waals surface area contributed by atoms with Crippen molar-refractivity contribution in [3.63, 3.8) is 0 Å². The molecule has 3 aliphatic heterocycles. The molecule has 1 aromatic carbocycles. The molecule has 0 radical (unpaired) electrons. The van der Waals surface area contributed by atoms with Crippen LogP contribution >= 0.6 is 0 Å². The number of furan rings is 2. The van der Waals surface area contributed by atoms with E-state index < -0.39 is 0 Å². The van der Waals surface area contributed by atoms with Gasteiger partial charge in [0.1, 0.15) is 17.3 Å². The summed E-state index contributed by atoms with van der Waals surface area (Å²) in [5, 5.41) is 3.18. The summed E-state index contributed by atoms with van der Waals surface area (Å²) in [7, 11) is 0. The van der Waals surface area contributed by atoms with Crippen molar-refractivity contribution in [1.29, 1.82) is 0 Å². The fourth-order valence-electron chi connectivity index (χ4n) is 4.40. The van der Waals surface area contributed by atoms with Gasteiger partial charge in [-0.15, -0.1) is 0 Å². The topological polar surface area (TPSA) is 58.6 Å². The minimum Gasteiger partial charge on any atom is -0.461 e. The van der Waals surface area contributed by atoms with Crippen LogP contribution in [0.4, 0.5) is 0 Å². The van der Waals surface area contributed by atoms with Crippen molar-refractivity contribution >= 4 is 5.91 Å². The Labute approximate surface area is 164 Å². The van der Waals surface area contributed by atoms with Gasteiger partial charge in [-0.25, -0.2) is 0 Å². The Balaban J connectivity index is 1.33. The maximum absolute atomic E-state index is 12.7. The van der Waals surface area contributed by atoms with Crippen LogP contribution in [0.25, 0.3) is 22.6 Å². The van der Waals surface area contributed by atoms with Crippen LogP contribution in [-0.4, -0.2) is 36.5 Å². The molecule has 5 nitrogen and oxygen atoms in total. The highest BCUT2D eigenvalue weighted by Crippen LogP contribution is 2.30. The largest absolute Gasteiger partial charge is 0.461 e. The van der Waals surface area contributed by atoms with Gasteiger partial charge in [0.25, 0.3) is 5.91 Å². The molecule has 28 heavy (non-hydrogen) atoms. The summed E-state index contributed by atoms with van der Waals surface area (Å²) in [6, 6.07) is 15.7. The van der Waals surface area contributed by atoms with Crippen LogP contribution < -0.4 is 5.32 Å². The fourth-order valence-corrected chi connectivity index (χ4v) is 4.40. The Bertz CT molecular complexity index is 995. The molecule has 1 unspecified atom stereocenters. The van der Waals surface area contributed by atoms with Gasteiger partial charge in [-0.05, 0) is 69.1 Å². The summed E-state index contributed by atoms with van der Waals surface area (Å²) in [6.07, 6.45) is 2.35. The van der Waals surface area contributed by atoms with Gasteiger partial charge in [-0.3, -0.25) is 4.79 Å². The van der Waals surface area contributed by atoms with Crippen LogP contribution in [0.15, 0.2) is 57.4 Å². The molecule has 0 aliphatic carbocycles. The van der Waals surface area contributed by atoms with E-state index in [1.807, 2.05) is 49.4 Å². The van der Waals surface area contributed by atoms with Crippen LogP contribution in [0.3, 0.4) is 0 Å². The van der Waals surface area contributed by atoms with Crippen LogP contribution in [-0.2, 0) is 0 Å². The lowest BCUT2D eigenvalue weighted by Gasteiger charge is -2.44. The first-order valence-corrected chi connectivity index (χ1v) is 9.96. The van der Waals surface area contributed by atoms with Gasteiger partial charge >= 0.3 is 0 Å². The molecule has 3 saturated heterocycles. The van der Waals surface area contributed by atoms with Crippen LogP contribution in [0, 0.1) is 12.8 Å². The molecular weight excluding hydrogens is 352 g/mol. The normalized spacial score (nSPS) is 23.7. The van der Waals surface area contributed by atoms with Crippen molar-refractivity contribution in [1.82, 2.24) is 10.2 Å². The lowest BCUT2D eigenvalue weighted by atomic mass is 9.84. The summed E-state index contributed by atoms with van der Waals surface area (Å²) in [4.78, 5) is 15.1. The van der Waals surface area contributed by atoms with Crippen molar-refractivity contribution in [3.05, 3.63) is 60.1 Å². The van der Waals surface area contributed by atoms with Crippen molar-refractivity contribution in [2.75, 3.05) is 19.6 Å². The molecule has 2 bridgehead atoms. The molecule has 3 fully saturated rings. The lowest BCUT2D eigenvalue weighted by Crippen LogP contribution is -2.57. The summed E-state index contributed by atoms with van der Waals surface area (Å²) < 4.78 is 11.6. The summed E-state index contributed by atoms with van der Waals surface area (Å²) >= 11 is 0. The molecule has 5 heteroatoms. The van der Waals surface area contributed by atoms with Gasteiger partial charge in [-0.1, -0.05) is 18.2 Å². The summed E-state index contributed by atoms with van der Waals surface area (Å²) in [5.74, 6) is 3.23. The number of benzene rings is 1. The highest BCUT2D eigenvalue weighted by Gasteiger charge is 2.35. The molecule has 0 spiro atoms. The molecular formula is C23H24N2O3. The van der Waals surface area contributed by atoms with E-state index in [1.54, 1.807) is 6.07 Å². The number of piperidine rings is 3. The van der Waals surface area contributed by atoms with E-state index in [0.717, 1.165) is 42.3 Å². The Hall–Kier alpha value is -2.79. The third-order valence-corrected chi connectivity index (χ3v) is 5.97. The average Bonchev–Trinajstić information content (AvgIpc) is 3.39. The number of nitrogens with one attached hydrogen (secondary N) is 1. The van der Waals surface area contributed by atoms with Crippen molar-refractivity contribution in [2.24, 2.45) is 5.92 Å². The van der Waals surface area contributed by atoms with Crippen LogP contribution in [0.5, 0.6) is 0 Å². The van der Waals surface area contributed by atoms with Crippen molar-refractivity contribution < 1.29 is 13.6 Å². The minimum absolute atomic E-state index is 0.122. The minimum atomic E-state index is -0.122. The number of aryl methyl sites for hydroxylation is 1. The second-order valence-corrected chi connectivity index (χ2v) is 7.87. The predicted molar refractivity (Wildman–Crippen MR) is 107 cm³/mol. The second-order valence-electron chi connectivity index (χ2n) is 7.87. The van der Waals surface area contributed by atoms with Crippen molar-refractivity contribution in [3.8, 4) is 22.6 Å². The highest BCUT2D eigenvalue weighted by atomic mass is 16.4. The van der Waals surface area contributed by atoms with E-state index in [0.29, 0.717) is 17.4 Å². The number of amides is 1. The first-order chi connectivity index (χ1) is 13.7. The molecule has 1 N–H and O–H groups in total. The first kappa shape index (κ1) is 17.3. The number of hydrogen-bond acceptors (Lipinski definition) is 4. The van der Waals surface area contributed by atoms with Crippen LogP contribution in [0.1, 0.15) is 29.2 Å². The Morgan fingerprint density at radius 1 is 1.00 bits per heavy atom. The average molecular weight is 376 g/mol. The molecule has 3 aromatic rings. The van der Waals surface area contributed by atoms with Gasteiger partial charge in [0, 0.05) is 23.7 Å². The first-order valence-electron chi connectivity index (χ1n) is 9.96. The Morgan fingerprint density at radius 2 is 1.71 bits per heavy atom. The zero-order valence-corrected chi connectivity index (χ0v) is 16.0. The quantitative estimate of drug-likeness (QED) is 0.736. The Morgan fingerprint density at radius 3 is 2.36 bits per heavy atom. The van der Waals surface area contributed by atoms with Crippen LogP contribution in [0.2, 0.25) is 0 Å². The van der Waals surface area contributed by atoms with Gasteiger partial charge in [0.05, 0.1) is 0 Å². The number of rotatable bonds is 4. The number of fused-ring (bicyclic) bond motifs is 3. The zero-order valence-electron chi connectivity index (χ0n) is 16.0. The number of carbonyl (C=O) groups is 1. The molecule has 1 atom stereocenters. The molecule has 144 valence electrons. The van der Waals surface area contributed by atoms with E-state index >= 15 is 0 Å². The fraction of sp³-hybridized carbons (Fsp3) is 0.348. The molecule has 1 amide bonds. The number of hydrogen-bond donors (Lipinski definition) is 1. The number of nitrogens with zero attached hydrogens (tertiary/aromatic N) is 1. The standard InChI is InChI=1S/C23H24N2O3/c1-15-5-6-20(27-15)17-3-2-4-18(13-17)21-7-8-22(28-21)23(26)24-19-14-25-11-9-16(19)10-12-25/h2-8,13,16,19H,9-12,14H2,1H3,(H,24,26). The predicted octanol–water partition coefficient (Wildman–Crippen LogP) is 4.34. The third kappa shape index (κ3) is 3.27. The van der Waals surface area contributed by atoms with E-state index in [1.165, 1.54) is 12.8 Å². The van der Waals surface area contributed by atoms with E-state index in [-0.39, 0.29) is 11.9 Å². The van der Waals surface area contributed by atoms with Crippen molar-refractivity contribution in [2.45, 2.75) is 25.8 Å². The third-order valence-electron chi connectivity index (χ3n) is 5.97. The Kier molecular flexibility index (Phi) is 4.32. The van der Waals surface area contributed by atoms with E-state index in [9.17, 15) is 4.79 Å². The SMILES string of the molecule is Cc1ccc(-c2cccc(-c3ccc(C(=O)NC4CN5CCC4CC5)o3)c2)o1. The monoisotopic (exact) mass is 376 g/mol. The zero-order chi connectivity index (χ0) is 19.1. The smallest absolute Gasteiger partial charge is 0.287 e. The number of carbonyl (C=O) groups excluding carboxylic acids is 1. The molecule has 5 heterocycles. The van der Waals surface area contributed by atoms with Gasteiger partial charge in [0.2, 0.25) is 0 Å². The molecule has 6 rings (SSSR count). The maximum Gasteiger partial charge on any atom is 0.287 e. The molecule has 3 aliphatic rings. The lowest BCUT2D eigenvalue weighted by molar-refractivity contribution is 0.0606. The second kappa shape index (κ2) is 6.99. The summed E-state index contributed by atoms with van der Waals surface area (Å²) in [5.41, 5.74) is 1.91. The maximum atomic E-state index is 12.7. The van der Waals surface area contributed by atoms with E-state index in [2.05, 4.69) is 10.2 Å². The van der Waals surface area contributed by atoms with Gasteiger partial charge < -0.3 is 19.1 Å². The molecule has 2 aromatic heterocycles. The summed E-state index contributed by atoms with van der Waals surface area (Å²) in [6.45, 7) is 5.20. The van der Waals surface area contributed by atoms with Gasteiger partial charge in [-0.2, -0.15) is 0 Å². The van der Waals surface area contributed by atoms with Gasteiger partial charge in [0.15, 0.2) is 5.76 Å². The van der Waals surface area contributed by atoms with E-state index in [4.69, 9.17) is 8.83 Å².